The second-order valence-electron chi connectivity index (χ2n) is 11.8. The summed E-state index contributed by atoms with van der Waals surface area (Å²) in [4.78, 5) is 30.0. The minimum atomic E-state index is -4.50. The van der Waals surface area contributed by atoms with Gasteiger partial charge in [0.15, 0.2) is 11.5 Å². The van der Waals surface area contributed by atoms with Gasteiger partial charge in [-0.1, -0.05) is 79.5 Å². The third kappa shape index (κ3) is 9.62. The number of nitrogens with one attached hydrogen (secondary N) is 1. The van der Waals surface area contributed by atoms with Crippen LogP contribution in [0.1, 0.15) is 25.0 Å². The molecule has 13 heteroatoms. The fourth-order valence-electron chi connectivity index (χ4n) is 5.24. The highest BCUT2D eigenvalue weighted by molar-refractivity contribution is 7.92. The maximum Gasteiger partial charge on any atom is 0.265 e. The molecule has 0 heterocycles. The van der Waals surface area contributed by atoms with E-state index in [9.17, 15) is 18.0 Å². The Labute approximate surface area is 303 Å². The Kier molecular flexibility index (Phi) is 13.4. The van der Waals surface area contributed by atoms with Crippen LogP contribution in [0.5, 0.6) is 17.2 Å². The Morgan fingerprint density at radius 2 is 1.38 bits per heavy atom. The summed E-state index contributed by atoms with van der Waals surface area (Å²) in [6, 6.07) is 23.8. The van der Waals surface area contributed by atoms with Crippen molar-refractivity contribution in [1.29, 1.82) is 0 Å². The number of carbonyl (C=O) groups is 2. The number of carbonyl (C=O) groups excluding carboxylic acids is 2. The molecule has 0 bridgehead atoms. The molecular formula is C37H41Cl2N3O7S. The van der Waals surface area contributed by atoms with Crippen LogP contribution in [0.3, 0.4) is 0 Å². The average molecular weight is 743 g/mol. The smallest absolute Gasteiger partial charge is 0.265 e. The number of anilines is 1. The molecule has 0 radical (unpaired) electrons. The quantitative estimate of drug-likeness (QED) is 0.137. The van der Waals surface area contributed by atoms with E-state index in [1.165, 1.54) is 56.6 Å². The molecule has 0 aliphatic heterocycles. The summed E-state index contributed by atoms with van der Waals surface area (Å²) in [6.07, 6.45) is 0.174. The Morgan fingerprint density at radius 3 is 2.00 bits per heavy atom. The standard InChI is InChI=1S/C37H41Cl2N3O7S/c1-25(2)22-40-37(44)32(19-26-9-7-6-8-10-26)41(23-27-11-13-28(38)14-12-27)36(43)24-42(31-20-29(39)15-17-33(31)47-3)50(45,46)30-16-18-34(48-4)35(21-30)49-5/h6-18,20-21,25,32H,19,22-24H2,1-5H3,(H,40,44). The topological polar surface area (TPSA) is 114 Å². The fraction of sp³-hybridized carbons (Fsp3) is 0.297. The van der Waals surface area contributed by atoms with Gasteiger partial charge in [-0.2, -0.15) is 0 Å². The lowest BCUT2D eigenvalue weighted by molar-refractivity contribution is -0.140. The van der Waals surface area contributed by atoms with Gasteiger partial charge >= 0.3 is 0 Å². The van der Waals surface area contributed by atoms with Crippen LogP contribution in [0.2, 0.25) is 10.0 Å². The van der Waals surface area contributed by atoms with E-state index in [2.05, 4.69) is 5.32 Å². The zero-order valence-corrected chi connectivity index (χ0v) is 30.9. The van der Waals surface area contributed by atoms with Gasteiger partial charge in [0, 0.05) is 35.6 Å². The van der Waals surface area contributed by atoms with Crippen LogP contribution in [0, 0.1) is 5.92 Å². The Morgan fingerprint density at radius 1 is 0.760 bits per heavy atom. The van der Waals surface area contributed by atoms with E-state index >= 15 is 0 Å². The molecule has 4 aromatic carbocycles. The first kappa shape index (κ1) is 38.4. The number of methoxy groups -OCH3 is 3. The molecule has 2 amide bonds. The molecule has 50 heavy (non-hydrogen) atoms. The van der Waals surface area contributed by atoms with E-state index in [1.807, 2.05) is 44.2 Å². The van der Waals surface area contributed by atoms with E-state index in [4.69, 9.17) is 37.4 Å². The molecule has 1 unspecified atom stereocenters. The summed E-state index contributed by atoms with van der Waals surface area (Å²) in [6.45, 7) is 3.60. The lowest BCUT2D eigenvalue weighted by Crippen LogP contribution is -2.53. The molecule has 1 N–H and O–H groups in total. The maximum absolute atomic E-state index is 14.8. The Bertz CT molecular complexity index is 1870. The molecular weight excluding hydrogens is 701 g/mol. The van der Waals surface area contributed by atoms with Gasteiger partial charge in [-0.05, 0) is 59.5 Å². The van der Waals surface area contributed by atoms with Crippen molar-refractivity contribution in [2.45, 2.75) is 37.8 Å². The summed E-state index contributed by atoms with van der Waals surface area (Å²) in [5.41, 5.74) is 1.53. The van der Waals surface area contributed by atoms with Crippen LogP contribution in [0.4, 0.5) is 5.69 Å². The number of hydrogen-bond acceptors (Lipinski definition) is 7. The van der Waals surface area contributed by atoms with Crippen molar-refractivity contribution < 1.29 is 32.2 Å². The van der Waals surface area contributed by atoms with Crippen LogP contribution >= 0.6 is 23.2 Å². The number of sulfonamides is 1. The van der Waals surface area contributed by atoms with Gasteiger partial charge in [0.2, 0.25) is 11.8 Å². The van der Waals surface area contributed by atoms with E-state index in [-0.39, 0.29) is 51.9 Å². The monoisotopic (exact) mass is 741 g/mol. The first-order chi connectivity index (χ1) is 23.9. The zero-order valence-electron chi connectivity index (χ0n) is 28.6. The summed E-state index contributed by atoms with van der Waals surface area (Å²) in [7, 11) is -0.287. The average Bonchev–Trinajstić information content (AvgIpc) is 3.11. The van der Waals surface area contributed by atoms with Gasteiger partial charge in [-0.3, -0.25) is 13.9 Å². The van der Waals surface area contributed by atoms with Crippen LogP contribution in [-0.2, 0) is 32.6 Å². The van der Waals surface area contributed by atoms with E-state index in [0.717, 1.165) is 9.87 Å². The van der Waals surface area contributed by atoms with E-state index < -0.39 is 28.5 Å². The van der Waals surface area contributed by atoms with Crippen molar-refractivity contribution in [3.63, 3.8) is 0 Å². The lowest BCUT2D eigenvalue weighted by Gasteiger charge is -2.34. The van der Waals surface area contributed by atoms with E-state index in [0.29, 0.717) is 22.9 Å². The molecule has 1 atom stereocenters. The minimum Gasteiger partial charge on any atom is -0.495 e. The van der Waals surface area contributed by atoms with Gasteiger partial charge in [-0.15, -0.1) is 0 Å². The van der Waals surface area contributed by atoms with Crippen LogP contribution in [0.15, 0.2) is 95.9 Å². The van der Waals surface area contributed by atoms with Crippen molar-refractivity contribution >= 4 is 50.7 Å². The molecule has 4 rings (SSSR count). The summed E-state index contributed by atoms with van der Waals surface area (Å²) in [5, 5.41) is 3.69. The number of halogens is 2. The van der Waals surface area contributed by atoms with Gasteiger partial charge in [-0.25, -0.2) is 8.42 Å². The number of ether oxygens (including phenoxy) is 3. The number of nitrogens with zero attached hydrogens (tertiary/aromatic N) is 2. The molecule has 0 aliphatic carbocycles. The van der Waals surface area contributed by atoms with Gasteiger partial charge in [0.05, 0.1) is 31.9 Å². The van der Waals surface area contributed by atoms with Gasteiger partial charge in [0.25, 0.3) is 10.0 Å². The summed E-state index contributed by atoms with van der Waals surface area (Å²) >= 11 is 12.6. The van der Waals surface area contributed by atoms with E-state index in [1.54, 1.807) is 30.3 Å². The van der Waals surface area contributed by atoms with Crippen molar-refractivity contribution in [3.05, 3.63) is 112 Å². The minimum absolute atomic E-state index is 0.0144. The van der Waals surface area contributed by atoms with Crippen molar-refractivity contribution in [1.82, 2.24) is 10.2 Å². The number of benzene rings is 4. The molecule has 0 saturated heterocycles. The van der Waals surface area contributed by atoms with Crippen molar-refractivity contribution in [2.24, 2.45) is 5.92 Å². The molecule has 0 saturated carbocycles. The SMILES string of the molecule is COc1ccc(S(=O)(=O)N(CC(=O)N(Cc2ccc(Cl)cc2)C(Cc2ccccc2)C(=O)NCC(C)C)c2cc(Cl)ccc2OC)cc1OC. The van der Waals surface area contributed by atoms with Crippen LogP contribution < -0.4 is 23.8 Å². The maximum atomic E-state index is 14.8. The molecule has 266 valence electrons. The third-order valence-corrected chi connectivity index (χ3v) is 10.1. The molecule has 0 fully saturated rings. The zero-order chi connectivity index (χ0) is 36.4. The largest absolute Gasteiger partial charge is 0.495 e. The fourth-order valence-corrected chi connectivity index (χ4v) is 6.96. The normalized spacial score (nSPS) is 11.8. The van der Waals surface area contributed by atoms with Gasteiger partial charge in [0.1, 0.15) is 18.3 Å². The van der Waals surface area contributed by atoms with Crippen LogP contribution in [-0.4, -0.2) is 65.6 Å². The van der Waals surface area contributed by atoms with Crippen molar-refractivity contribution in [3.8, 4) is 17.2 Å². The highest BCUT2D eigenvalue weighted by Crippen LogP contribution is 2.37. The highest BCUT2D eigenvalue weighted by atomic mass is 35.5. The predicted octanol–water partition coefficient (Wildman–Crippen LogP) is 6.63. The first-order valence-electron chi connectivity index (χ1n) is 15.8. The lowest BCUT2D eigenvalue weighted by atomic mass is 10.0. The molecule has 0 spiro atoms. The Hall–Kier alpha value is -4.45. The summed E-state index contributed by atoms with van der Waals surface area (Å²) < 4.78 is 46.3. The third-order valence-electron chi connectivity index (χ3n) is 7.85. The number of rotatable bonds is 16. The Balaban J connectivity index is 1.87. The van der Waals surface area contributed by atoms with Crippen molar-refractivity contribution in [2.75, 3.05) is 38.7 Å². The number of amides is 2. The molecule has 0 aromatic heterocycles. The summed E-state index contributed by atoms with van der Waals surface area (Å²) in [5.74, 6) is -0.224. The first-order valence-corrected chi connectivity index (χ1v) is 18.0. The van der Waals surface area contributed by atoms with Crippen LogP contribution in [0.25, 0.3) is 0 Å². The highest BCUT2D eigenvalue weighted by Gasteiger charge is 2.36. The second-order valence-corrected chi connectivity index (χ2v) is 14.6. The predicted molar refractivity (Wildman–Crippen MR) is 196 cm³/mol. The molecule has 4 aromatic rings. The molecule has 0 aliphatic rings. The van der Waals surface area contributed by atoms with Gasteiger partial charge < -0.3 is 24.4 Å². The molecule has 10 nitrogen and oxygen atoms in total. The number of hydrogen-bond donors (Lipinski definition) is 1. The second kappa shape index (κ2) is 17.5.